The van der Waals surface area contributed by atoms with Gasteiger partial charge in [0.1, 0.15) is 6.61 Å². The Morgan fingerprint density at radius 1 is 1.22 bits per heavy atom. The molecule has 32 heavy (non-hydrogen) atoms. The van der Waals surface area contributed by atoms with Gasteiger partial charge in [-0.05, 0) is 59.0 Å². The van der Waals surface area contributed by atoms with Gasteiger partial charge >= 0.3 is 5.69 Å². The fourth-order valence-electron chi connectivity index (χ4n) is 3.71. The zero-order valence-electron chi connectivity index (χ0n) is 18.4. The molecule has 0 atom stereocenters. The van der Waals surface area contributed by atoms with E-state index in [9.17, 15) is 9.90 Å². The summed E-state index contributed by atoms with van der Waals surface area (Å²) in [7, 11) is 1.56. The first kappa shape index (κ1) is 21.6. The van der Waals surface area contributed by atoms with Crippen molar-refractivity contribution in [3.05, 3.63) is 74.7 Å². The maximum absolute atomic E-state index is 12.3. The van der Waals surface area contributed by atoms with Gasteiger partial charge in [0.2, 0.25) is 5.90 Å². The number of aryl methyl sites for hydroxylation is 3. The molecule has 9 nitrogen and oxygen atoms in total. The van der Waals surface area contributed by atoms with Crippen molar-refractivity contribution in [2.75, 3.05) is 0 Å². The van der Waals surface area contributed by atoms with Crippen LogP contribution in [0.4, 0.5) is 0 Å². The summed E-state index contributed by atoms with van der Waals surface area (Å²) in [6.07, 6.45) is 2.30. The SMILES string of the molecule is CCC(=NN=C1CCc2ccc(CO)cc21)OCc1c(C)cccc1-n1nnn(C)c1=O. The van der Waals surface area contributed by atoms with Gasteiger partial charge < -0.3 is 9.84 Å². The number of ether oxygens (including phenoxy) is 1. The lowest BCUT2D eigenvalue weighted by molar-refractivity contribution is 0.281. The fraction of sp³-hybridized carbons (Fsp3) is 0.348. The van der Waals surface area contributed by atoms with Crippen molar-refractivity contribution < 1.29 is 9.84 Å². The van der Waals surface area contributed by atoms with Crippen molar-refractivity contribution in [1.29, 1.82) is 0 Å². The molecule has 9 heteroatoms. The highest BCUT2D eigenvalue weighted by molar-refractivity contribution is 6.04. The number of benzene rings is 2. The molecule has 3 aromatic rings. The Kier molecular flexibility index (Phi) is 6.27. The maximum Gasteiger partial charge on any atom is 0.368 e. The van der Waals surface area contributed by atoms with E-state index in [1.54, 1.807) is 7.05 Å². The quantitative estimate of drug-likeness (QED) is 0.364. The van der Waals surface area contributed by atoms with Crippen LogP contribution in [-0.2, 0) is 31.4 Å². The van der Waals surface area contributed by atoms with E-state index in [4.69, 9.17) is 4.74 Å². The van der Waals surface area contributed by atoms with Crippen LogP contribution < -0.4 is 5.69 Å². The second-order valence-electron chi connectivity index (χ2n) is 7.70. The van der Waals surface area contributed by atoms with Crippen LogP contribution in [0.25, 0.3) is 5.69 Å². The molecule has 0 aliphatic heterocycles. The molecule has 0 fully saturated rings. The first-order valence-electron chi connectivity index (χ1n) is 10.6. The van der Waals surface area contributed by atoms with Gasteiger partial charge in [0, 0.05) is 24.6 Å². The molecule has 0 saturated carbocycles. The Bertz CT molecular complexity index is 1250. The summed E-state index contributed by atoms with van der Waals surface area (Å²) in [4.78, 5) is 12.3. The second-order valence-corrected chi connectivity index (χ2v) is 7.70. The summed E-state index contributed by atoms with van der Waals surface area (Å²) in [5.41, 5.74) is 6.13. The molecule has 0 bridgehead atoms. The van der Waals surface area contributed by atoms with Gasteiger partial charge in [0.05, 0.1) is 18.0 Å². The molecule has 1 N–H and O–H groups in total. The highest BCUT2D eigenvalue weighted by Crippen LogP contribution is 2.24. The molecule has 4 rings (SSSR count). The third kappa shape index (κ3) is 4.24. The second kappa shape index (κ2) is 9.27. The van der Waals surface area contributed by atoms with E-state index in [2.05, 4.69) is 20.6 Å². The molecule has 0 spiro atoms. The average Bonchev–Trinajstić information content (AvgIpc) is 3.37. The molecule has 2 aromatic carbocycles. The predicted molar refractivity (Wildman–Crippen MR) is 121 cm³/mol. The monoisotopic (exact) mass is 434 g/mol. The summed E-state index contributed by atoms with van der Waals surface area (Å²) in [6.45, 7) is 4.15. The van der Waals surface area contributed by atoms with E-state index < -0.39 is 0 Å². The van der Waals surface area contributed by atoms with Crippen LogP contribution in [0, 0.1) is 6.92 Å². The molecule has 0 radical (unpaired) electrons. The smallest absolute Gasteiger partial charge is 0.368 e. The highest BCUT2D eigenvalue weighted by atomic mass is 16.5. The van der Waals surface area contributed by atoms with Gasteiger partial charge in [-0.1, -0.05) is 31.2 Å². The highest BCUT2D eigenvalue weighted by Gasteiger charge is 2.18. The average molecular weight is 435 g/mol. The van der Waals surface area contributed by atoms with Gasteiger partial charge in [-0.25, -0.2) is 4.79 Å². The third-order valence-electron chi connectivity index (χ3n) is 5.60. The third-order valence-corrected chi connectivity index (χ3v) is 5.60. The van der Waals surface area contributed by atoms with E-state index in [1.807, 2.05) is 50.2 Å². The summed E-state index contributed by atoms with van der Waals surface area (Å²) in [6, 6.07) is 11.6. The molecule has 1 heterocycles. The molecular weight excluding hydrogens is 408 g/mol. The van der Waals surface area contributed by atoms with Crippen LogP contribution in [0.2, 0.25) is 0 Å². The minimum absolute atomic E-state index is 0.000780. The number of rotatable bonds is 6. The Balaban J connectivity index is 1.57. The van der Waals surface area contributed by atoms with E-state index in [0.29, 0.717) is 18.0 Å². The number of hydrogen-bond acceptors (Lipinski definition) is 7. The standard InChI is InChI=1S/C23H26N6O3/c1-4-22(25-24-20-11-10-17-9-8-16(13-30)12-18(17)20)32-14-19-15(2)6-5-7-21(19)29-23(31)28(3)26-27-29/h5-9,12,30H,4,10-11,13-14H2,1-3H3. The maximum atomic E-state index is 12.3. The molecule has 0 saturated heterocycles. The number of tetrazole rings is 1. The zero-order valence-corrected chi connectivity index (χ0v) is 18.4. The number of aliphatic hydroxyl groups is 1. The summed E-state index contributed by atoms with van der Waals surface area (Å²) >= 11 is 0. The summed E-state index contributed by atoms with van der Waals surface area (Å²) in [5, 5.41) is 26.0. The van der Waals surface area contributed by atoms with Gasteiger partial charge in [-0.15, -0.1) is 5.10 Å². The number of hydrogen-bond donors (Lipinski definition) is 1. The zero-order chi connectivity index (χ0) is 22.7. The van der Waals surface area contributed by atoms with Crippen molar-refractivity contribution in [2.24, 2.45) is 17.3 Å². The topological polar surface area (TPSA) is 107 Å². The lowest BCUT2D eigenvalue weighted by Crippen LogP contribution is -2.23. The van der Waals surface area contributed by atoms with Crippen LogP contribution in [0.15, 0.2) is 51.4 Å². The minimum atomic E-state index is -0.324. The van der Waals surface area contributed by atoms with Crippen LogP contribution in [-0.4, -0.2) is 36.5 Å². The predicted octanol–water partition coefficient (Wildman–Crippen LogP) is 2.44. The van der Waals surface area contributed by atoms with E-state index in [-0.39, 0.29) is 18.9 Å². The first-order chi connectivity index (χ1) is 15.5. The van der Waals surface area contributed by atoms with Crippen molar-refractivity contribution >= 4 is 11.6 Å². The largest absolute Gasteiger partial charge is 0.475 e. The number of aliphatic hydroxyl groups excluding tert-OH is 1. The van der Waals surface area contributed by atoms with Crippen LogP contribution in [0.1, 0.15) is 47.6 Å². The van der Waals surface area contributed by atoms with Gasteiger partial charge in [0.15, 0.2) is 0 Å². The number of nitrogens with zero attached hydrogens (tertiary/aromatic N) is 6. The Morgan fingerprint density at radius 2 is 2.06 bits per heavy atom. The van der Waals surface area contributed by atoms with E-state index in [0.717, 1.165) is 40.8 Å². The fourth-order valence-corrected chi connectivity index (χ4v) is 3.71. The Morgan fingerprint density at radius 3 is 2.78 bits per heavy atom. The van der Waals surface area contributed by atoms with Crippen LogP contribution in [0.5, 0.6) is 0 Å². The Hall–Kier alpha value is -3.59. The van der Waals surface area contributed by atoms with Crippen molar-refractivity contribution in [2.45, 2.75) is 46.3 Å². The normalized spacial score (nSPS) is 14.8. The number of aromatic nitrogens is 4. The van der Waals surface area contributed by atoms with Crippen LogP contribution >= 0.6 is 0 Å². The lowest BCUT2D eigenvalue weighted by atomic mass is 10.1. The molecular formula is C23H26N6O3. The number of fused-ring (bicyclic) bond motifs is 1. The lowest BCUT2D eigenvalue weighted by Gasteiger charge is -2.13. The minimum Gasteiger partial charge on any atom is -0.475 e. The van der Waals surface area contributed by atoms with Crippen molar-refractivity contribution in [1.82, 2.24) is 19.8 Å². The summed E-state index contributed by atoms with van der Waals surface area (Å²) in [5.74, 6) is 0.505. The molecule has 0 unspecified atom stereocenters. The summed E-state index contributed by atoms with van der Waals surface area (Å²) < 4.78 is 8.44. The van der Waals surface area contributed by atoms with Gasteiger partial charge in [-0.3, -0.25) is 0 Å². The van der Waals surface area contributed by atoms with Crippen molar-refractivity contribution in [3.63, 3.8) is 0 Å². The van der Waals surface area contributed by atoms with E-state index >= 15 is 0 Å². The molecule has 1 aromatic heterocycles. The molecule has 0 amide bonds. The first-order valence-corrected chi connectivity index (χ1v) is 10.6. The molecule has 1 aliphatic carbocycles. The van der Waals surface area contributed by atoms with Gasteiger partial charge in [0.25, 0.3) is 0 Å². The Labute approximate surface area is 185 Å². The van der Waals surface area contributed by atoms with Crippen LogP contribution in [0.3, 0.4) is 0 Å². The van der Waals surface area contributed by atoms with E-state index in [1.165, 1.54) is 14.9 Å². The molecule has 1 aliphatic rings. The van der Waals surface area contributed by atoms with Crippen molar-refractivity contribution in [3.8, 4) is 5.69 Å². The molecule has 166 valence electrons. The van der Waals surface area contributed by atoms with Gasteiger partial charge in [-0.2, -0.15) is 14.5 Å².